The van der Waals surface area contributed by atoms with E-state index in [1.807, 2.05) is 18.2 Å². The predicted octanol–water partition coefficient (Wildman–Crippen LogP) is 3.25. The summed E-state index contributed by atoms with van der Waals surface area (Å²) in [6.45, 7) is 1.03. The molecular weight excluding hydrogens is 208 g/mol. The molecule has 1 N–H and O–H groups in total. The minimum Gasteiger partial charge on any atom is -0.384 e. The van der Waals surface area contributed by atoms with Gasteiger partial charge in [0.1, 0.15) is 5.15 Å². The molecule has 0 radical (unpaired) electrons. The number of para-hydroxylation sites is 1. The topological polar surface area (TPSA) is 24.9 Å². The quantitative estimate of drug-likeness (QED) is 0.687. The van der Waals surface area contributed by atoms with Crippen molar-refractivity contribution in [2.75, 3.05) is 11.9 Å². The van der Waals surface area contributed by atoms with Gasteiger partial charge in [0.25, 0.3) is 0 Å². The fraction of sp³-hybridized carbons (Fsp3) is 0.250. The Bertz CT molecular complexity index is 522. The van der Waals surface area contributed by atoms with Crippen LogP contribution < -0.4 is 5.32 Å². The highest BCUT2D eigenvalue weighted by Gasteiger charge is 2.16. The van der Waals surface area contributed by atoms with Crippen LogP contribution in [0.5, 0.6) is 0 Å². The second kappa shape index (κ2) is 3.38. The fourth-order valence-electron chi connectivity index (χ4n) is 2.13. The summed E-state index contributed by atoms with van der Waals surface area (Å²) in [7, 11) is 0. The summed E-state index contributed by atoms with van der Waals surface area (Å²) in [4.78, 5) is 4.41. The number of anilines is 1. The lowest BCUT2D eigenvalue weighted by Gasteiger charge is -2.20. The number of fused-ring (bicyclic) bond motifs is 3. The maximum atomic E-state index is 6.17. The van der Waals surface area contributed by atoms with E-state index in [1.54, 1.807) is 0 Å². The molecule has 1 aliphatic heterocycles. The first kappa shape index (κ1) is 8.98. The Morgan fingerprint density at radius 1 is 1.27 bits per heavy atom. The molecule has 0 saturated heterocycles. The van der Waals surface area contributed by atoms with Crippen LogP contribution in [0.3, 0.4) is 0 Å². The van der Waals surface area contributed by atoms with Gasteiger partial charge < -0.3 is 5.32 Å². The highest BCUT2D eigenvalue weighted by atomic mass is 35.5. The monoisotopic (exact) mass is 218 g/mol. The van der Waals surface area contributed by atoms with Gasteiger partial charge in [0, 0.05) is 23.2 Å². The van der Waals surface area contributed by atoms with Crippen molar-refractivity contribution in [2.45, 2.75) is 12.8 Å². The first-order chi connectivity index (χ1) is 7.36. The van der Waals surface area contributed by atoms with Gasteiger partial charge in [-0.3, -0.25) is 0 Å². The lowest BCUT2D eigenvalue weighted by molar-refractivity contribution is 0.829. The number of aromatic nitrogens is 1. The number of hydrogen-bond acceptors (Lipinski definition) is 2. The standard InChI is InChI=1S/C12H11ClN2/c13-12-9-5-3-7-14-11(9)8-4-1-2-6-10(8)15-12/h1-2,4,6,14H,3,5,7H2. The van der Waals surface area contributed by atoms with Gasteiger partial charge in [0.2, 0.25) is 0 Å². The molecule has 0 unspecified atom stereocenters. The third kappa shape index (κ3) is 1.37. The average molecular weight is 219 g/mol. The zero-order chi connectivity index (χ0) is 10.3. The van der Waals surface area contributed by atoms with Gasteiger partial charge in [-0.1, -0.05) is 29.8 Å². The molecule has 2 heterocycles. The molecule has 3 heteroatoms. The van der Waals surface area contributed by atoms with E-state index in [2.05, 4.69) is 16.4 Å². The Labute approximate surface area is 93.3 Å². The van der Waals surface area contributed by atoms with Crippen molar-refractivity contribution in [3.8, 4) is 0 Å². The van der Waals surface area contributed by atoms with Crippen LogP contribution in [0, 0.1) is 0 Å². The normalized spacial score (nSPS) is 14.7. The SMILES string of the molecule is Clc1nc2ccccc2c2c1CCCN2. The molecule has 1 aliphatic rings. The Morgan fingerprint density at radius 2 is 2.13 bits per heavy atom. The molecule has 0 fully saturated rings. The van der Waals surface area contributed by atoms with E-state index in [9.17, 15) is 0 Å². The molecule has 0 saturated carbocycles. The highest BCUT2D eigenvalue weighted by Crippen LogP contribution is 2.33. The molecule has 0 spiro atoms. The first-order valence-electron chi connectivity index (χ1n) is 5.17. The summed E-state index contributed by atoms with van der Waals surface area (Å²) in [6, 6.07) is 8.11. The zero-order valence-electron chi connectivity index (χ0n) is 8.26. The van der Waals surface area contributed by atoms with Crippen molar-refractivity contribution in [2.24, 2.45) is 0 Å². The van der Waals surface area contributed by atoms with Gasteiger partial charge in [0.15, 0.2) is 0 Å². The minimum absolute atomic E-state index is 0.649. The van der Waals surface area contributed by atoms with Crippen molar-refractivity contribution in [3.63, 3.8) is 0 Å². The zero-order valence-corrected chi connectivity index (χ0v) is 9.01. The maximum absolute atomic E-state index is 6.17. The van der Waals surface area contributed by atoms with Gasteiger partial charge in [-0.05, 0) is 18.9 Å². The van der Waals surface area contributed by atoms with Crippen LogP contribution in [-0.2, 0) is 6.42 Å². The third-order valence-electron chi connectivity index (χ3n) is 2.85. The summed E-state index contributed by atoms with van der Waals surface area (Å²) in [5.41, 5.74) is 3.31. The second-order valence-electron chi connectivity index (χ2n) is 3.80. The summed E-state index contributed by atoms with van der Waals surface area (Å²) in [6.07, 6.45) is 2.16. The largest absolute Gasteiger partial charge is 0.384 e. The van der Waals surface area contributed by atoms with Gasteiger partial charge in [-0.2, -0.15) is 0 Å². The molecule has 0 aliphatic carbocycles. The lowest BCUT2D eigenvalue weighted by atomic mass is 10.0. The smallest absolute Gasteiger partial charge is 0.135 e. The van der Waals surface area contributed by atoms with Crippen LogP contribution in [0.4, 0.5) is 5.69 Å². The Hall–Kier alpha value is -1.28. The number of halogens is 1. The lowest BCUT2D eigenvalue weighted by Crippen LogP contribution is -2.13. The Morgan fingerprint density at radius 3 is 3.07 bits per heavy atom. The number of nitrogens with one attached hydrogen (secondary N) is 1. The van der Waals surface area contributed by atoms with Crippen molar-refractivity contribution >= 4 is 28.2 Å². The minimum atomic E-state index is 0.649. The molecule has 76 valence electrons. The van der Waals surface area contributed by atoms with Crippen LogP contribution in [0.1, 0.15) is 12.0 Å². The van der Waals surface area contributed by atoms with Crippen molar-refractivity contribution in [3.05, 3.63) is 35.0 Å². The fourth-order valence-corrected chi connectivity index (χ4v) is 2.41. The molecule has 2 nitrogen and oxygen atoms in total. The number of pyridine rings is 1. The van der Waals surface area contributed by atoms with Crippen LogP contribution in [0.2, 0.25) is 5.15 Å². The van der Waals surface area contributed by atoms with Crippen molar-refractivity contribution < 1.29 is 0 Å². The Balaban J connectivity index is 2.39. The number of benzene rings is 1. The van der Waals surface area contributed by atoms with E-state index in [0.717, 1.165) is 24.9 Å². The summed E-state index contributed by atoms with van der Waals surface area (Å²) in [5.74, 6) is 0. The maximum Gasteiger partial charge on any atom is 0.135 e. The first-order valence-corrected chi connectivity index (χ1v) is 5.55. The van der Waals surface area contributed by atoms with Gasteiger partial charge in [0.05, 0.1) is 5.52 Å². The molecule has 0 bridgehead atoms. The summed E-state index contributed by atoms with van der Waals surface area (Å²) >= 11 is 6.17. The van der Waals surface area contributed by atoms with Crippen LogP contribution >= 0.6 is 11.6 Å². The van der Waals surface area contributed by atoms with Crippen LogP contribution in [0.25, 0.3) is 10.9 Å². The third-order valence-corrected chi connectivity index (χ3v) is 3.16. The van der Waals surface area contributed by atoms with Gasteiger partial charge in [-0.15, -0.1) is 0 Å². The molecular formula is C12H11ClN2. The van der Waals surface area contributed by atoms with Gasteiger partial charge >= 0.3 is 0 Å². The summed E-state index contributed by atoms with van der Waals surface area (Å²) in [5, 5.41) is 5.25. The van der Waals surface area contributed by atoms with Crippen LogP contribution in [-0.4, -0.2) is 11.5 Å². The molecule has 2 aromatic rings. The van der Waals surface area contributed by atoms with Gasteiger partial charge in [-0.25, -0.2) is 4.98 Å². The highest BCUT2D eigenvalue weighted by molar-refractivity contribution is 6.31. The molecule has 3 rings (SSSR count). The molecule has 15 heavy (non-hydrogen) atoms. The van der Waals surface area contributed by atoms with E-state index in [1.165, 1.54) is 16.6 Å². The van der Waals surface area contributed by atoms with E-state index in [4.69, 9.17) is 11.6 Å². The van der Waals surface area contributed by atoms with Crippen LogP contribution in [0.15, 0.2) is 24.3 Å². The number of nitrogens with zero attached hydrogens (tertiary/aromatic N) is 1. The van der Waals surface area contributed by atoms with Crippen molar-refractivity contribution in [1.29, 1.82) is 0 Å². The second-order valence-corrected chi connectivity index (χ2v) is 4.16. The van der Waals surface area contributed by atoms with E-state index < -0.39 is 0 Å². The number of hydrogen-bond donors (Lipinski definition) is 1. The summed E-state index contributed by atoms with van der Waals surface area (Å²) < 4.78 is 0. The average Bonchev–Trinajstić information content (AvgIpc) is 2.30. The van der Waals surface area contributed by atoms with Crippen molar-refractivity contribution in [1.82, 2.24) is 4.98 Å². The molecule has 0 atom stereocenters. The number of rotatable bonds is 0. The van der Waals surface area contributed by atoms with E-state index in [0.29, 0.717) is 5.15 Å². The predicted molar refractivity (Wildman–Crippen MR) is 63.6 cm³/mol. The molecule has 1 aromatic carbocycles. The molecule has 1 aromatic heterocycles. The van der Waals surface area contributed by atoms with E-state index >= 15 is 0 Å². The Kier molecular flexibility index (Phi) is 2.03. The molecule has 0 amide bonds. The van der Waals surface area contributed by atoms with E-state index in [-0.39, 0.29) is 0 Å².